The second kappa shape index (κ2) is 13.5. The Morgan fingerprint density at radius 2 is 1.04 bits per heavy atom. The van der Waals surface area contributed by atoms with Crippen molar-refractivity contribution in [2.45, 2.75) is 0 Å². The van der Waals surface area contributed by atoms with Gasteiger partial charge in [-0.05, 0) is 73.5 Å². The van der Waals surface area contributed by atoms with Crippen LogP contribution in [0.5, 0.6) is 0 Å². The Balaban J connectivity index is 1.31. The van der Waals surface area contributed by atoms with Crippen LogP contribution >= 0.6 is 35.5 Å². The molecule has 12 nitrogen and oxygen atoms in total. The zero-order valence-corrected chi connectivity index (χ0v) is 30.2. The molecule has 3 N–H and O–H groups in total. The van der Waals surface area contributed by atoms with Crippen molar-refractivity contribution in [3.8, 4) is 24.3 Å². The van der Waals surface area contributed by atoms with E-state index < -0.39 is 23.1 Å². The lowest BCUT2D eigenvalue weighted by atomic mass is 9.89. The molecule has 0 bridgehead atoms. The minimum absolute atomic E-state index is 0.0116. The molecule has 54 heavy (non-hydrogen) atoms. The zero-order valence-electron chi connectivity index (χ0n) is 26.8. The number of carbonyl (C=O) groups excluding carboxylic acids is 4. The van der Waals surface area contributed by atoms with Gasteiger partial charge in [0.2, 0.25) is 0 Å². The van der Waals surface area contributed by atoms with Gasteiger partial charge in [0.25, 0.3) is 0 Å². The number of hydrogen-bond donors (Lipinski definition) is 3. The van der Waals surface area contributed by atoms with Crippen LogP contribution in [0.3, 0.4) is 0 Å². The van der Waals surface area contributed by atoms with Crippen molar-refractivity contribution in [3.05, 3.63) is 134 Å². The Morgan fingerprint density at radius 3 is 1.37 bits per heavy atom. The third kappa shape index (κ3) is 5.39. The van der Waals surface area contributed by atoms with Crippen LogP contribution in [-0.2, 0) is 12.4 Å². The van der Waals surface area contributed by atoms with Crippen molar-refractivity contribution in [3.63, 3.8) is 0 Å². The van der Waals surface area contributed by atoms with E-state index in [0.29, 0.717) is 18.1 Å². The molecule has 0 radical (unpaired) electrons. The van der Waals surface area contributed by atoms with Crippen LogP contribution in [0, 0.1) is 50.7 Å². The Morgan fingerprint density at radius 1 is 0.667 bits per heavy atom. The minimum atomic E-state index is -0.574. The van der Waals surface area contributed by atoms with Crippen molar-refractivity contribution in [1.82, 2.24) is 0 Å². The smallest absolute Gasteiger partial charge is 0.199 e. The predicted molar refractivity (Wildman–Crippen MR) is 204 cm³/mol. The van der Waals surface area contributed by atoms with Crippen LogP contribution in [0.4, 0.5) is 0 Å². The number of nitrogens with one attached hydrogen (secondary N) is 1. The molecule has 0 spiro atoms. The Hall–Kier alpha value is -7.05. The fourth-order valence-corrected chi connectivity index (χ4v) is 8.58. The third-order valence-electron chi connectivity index (χ3n) is 8.76. The summed E-state index contributed by atoms with van der Waals surface area (Å²) in [7, 11) is 0. The first-order valence-corrected chi connectivity index (χ1v) is 17.6. The molecule has 4 aromatic rings. The molecule has 0 atom stereocenters. The largest absolute Gasteiger partial charge is 0.396 e. The number of thiophene rings is 2. The van der Waals surface area contributed by atoms with Crippen LogP contribution in [0.15, 0.2) is 79.8 Å². The first-order valence-electron chi connectivity index (χ1n) is 15.2. The number of fused-ring (bicyclic) bond motifs is 2. The fraction of sp³-hybridized carbons (Fsp3) is 0. The molecule has 0 aliphatic heterocycles. The van der Waals surface area contributed by atoms with E-state index in [2.05, 4.69) is 21.6 Å². The molecule has 254 valence electrons. The molecule has 0 amide bonds. The van der Waals surface area contributed by atoms with Gasteiger partial charge in [-0.2, -0.15) is 25.4 Å². The summed E-state index contributed by atoms with van der Waals surface area (Å²) in [6.45, 7) is 0. The molecule has 3 aliphatic carbocycles. The molecular formula is C38H14N8O4S4. The van der Waals surface area contributed by atoms with E-state index in [1.165, 1.54) is 24.3 Å². The fourth-order valence-electron chi connectivity index (χ4n) is 6.20. The zero-order chi connectivity index (χ0) is 38.6. The summed E-state index contributed by atoms with van der Waals surface area (Å²) in [5.41, 5.74) is 6.94. The normalized spacial score (nSPS) is 16.5. The van der Waals surface area contributed by atoms with Gasteiger partial charge in [-0.15, -0.1) is 22.7 Å². The van der Waals surface area contributed by atoms with Gasteiger partial charge in [0, 0.05) is 64.0 Å². The summed E-state index contributed by atoms with van der Waals surface area (Å²) in [4.78, 5) is 53.3. The number of ketones is 4. The lowest BCUT2D eigenvalue weighted by Crippen LogP contribution is -2.27. The average molecular weight is 775 g/mol. The first kappa shape index (κ1) is 35.4. The highest BCUT2D eigenvalue weighted by Gasteiger charge is 2.37. The Kier molecular flexibility index (Phi) is 8.83. The second-order valence-corrected chi connectivity index (χ2v) is 14.2. The van der Waals surface area contributed by atoms with Crippen LogP contribution in [-0.4, -0.2) is 34.6 Å². The van der Waals surface area contributed by atoms with Crippen molar-refractivity contribution in [1.29, 1.82) is 26.5 Å². The van der Waals surface area contributed by atoms with Crippen molar-refractivity contribution >= 4 is 106 Å². The van der Waals surface area contributed by atoms with Gasteiger partial charge in [-0.25, -0.2) is 4.40 Å². The number of rotatable bonds is 3. The Bertz CT molecular complexity index is 3020. The van der Waals surface area contributed by atoms with Crippen LogP contribution in [0.1, 0.15) is 63.7 Å². The molecule has 3 aliphatic rings. The number of nitrogens with zero attached hydrogens (tertiary/aromatic N) is 6. The number of benzene rings is 2. The SMILES string of the molecule is N#Cc1cc2c(cc1C#N)C(=O)C(=c1cc/c(=C\C3=C(N=S)C(N)=C(/C=c4\ccc(=C5C(=O)c6cc(C#N)c(C#N)cc6C5=O)s4)/C(=N/S)C3=N)s1)C2=O. The summed E-state index contributed by atoms with van der Waals surface area (Å²) in [6, 6.07) is 18.9. The monoisotopic (exact) mass is 774 g/mol. The van der Waals surface area contributed by atoms with Crippen molar-refractivity contribution in [2.75, 3.05) is 0 Å². The van der Waals surface area contributed by atoms with Crippen LogP contribution in [0.25, 0.3) is 23.3 Å². The number of nitrogens with two attached hydrogens (primary N) is 1. The number of carbonyl (C=O) groups is 4. The molecule has 0 unspecified atom stereocenters. The van der Waals surface area contributed by atoms with Gasteiger partial charge in [-0.3, -0.25) is 24.6 Å². The van der Waals surface area contributed by atoms with E-state index >= 15 is 0 Å². The van der Waals surface area contributed by atoms with Crippen LogP contribution < -0.4 is 23.9 Å². The van der Waals surface area contributed by atoms with Crippen molar-refractivity contribution in [2.24, 2.45) is 14.5 Å². The summed E-state index contributed by atoms with van der Waals surface area (Å²) >= 11 is 11.4. The molecule has 2 aromatic heterocycles. The van der Waals surface area contributed by atoms with Gasteiger partial charge >= 0.3 is 0 Å². The van der Waals surface area contributed by atoms with E-state index in [9.17, 15) is 40.2 Å². The number of hydrogen-bond acceptors (Lipinski definition) is 16. The van der Waals surface area contributed by atoms with Gasteiger partial charge in [0.1, 0.15) is 35.7 Å². The summed E-state index contributed by atoms with van der Waals surface area (Å²) in [5, 5.41) is 46.6. The minimum Gasteiger partial charge on any atom is -0.396 e. The summed E-state index contributed by atoms with van der Waals surface area (Å²) in [5.74, 6) is -2.29. The molecule has 2 aromatic carbocycles. The van der Waals surface area contributed by atoms with E-state index in [4.69, 9.17) is 23.6 Å². The molecule has 2 heterocycles. The lowest BCUT2D eigenvalue weighted by Gasteiger charge is -2.20. The summed E-state index contributed by atoms with van der Waals surface area (Å²) < 4.78 is 9.65. The highest BCUT2D eigenvalue weighted by Crippen LogP contribution is 2.32. The van der Waals surface area contributed by atoms with Gasteiger partial charge in [0.05, 0.1) is 44.8 Å². The lowest BCUT2D eigenvalue weighted by molar-refractivity contribution is 0.101. The molecule has 0 saturated carbocycles. The van der Waals surface area contributed by atoms with E-state index in [-0.39, 0.29) is 89.6 Å². The number of allylic oxidation sites excluding steroid dienone is 2. The molecule has 0 fully saturated rings. The van der Waals surface area contributed by atoms with Crippen molar-refractivity contribution < 1.29 is 19.2 Å². The highest BCUT2D eigenvalue weighted by molar-refractivity contribution is 7.79. The molecule has 0 saturated heterocycles. The third-order valence-corrected chi connectivity index (χ3v) is 11.2. The predicted octanol–water partition coefficient (Wildman–Crippen LogP) is 2.53. The van der Waals surface area contributed by atoms with E-state index in [1.54, 1.807) is 36.4 Å². The Labute approximate surface area is 322 Å². The number of Topliss-reactive ketones (excluding diaryl/α,β-unsaturated/α-hetero) is 4. The van der Waals surface area contributed by atoms with Crippen LogP contribution in [0.2, 0.25) is 0 Å². The van der Waals surface area contributed by atoms with Gasteiger partial charge < -0.3 is 5.73 Å². The topological polar surface area (TPSA) is 238 Å². The molecule has 16 heteroatoms. The van der Waals surface area contributed by atoms with Gasteiger partial charge in [0.15, 0.2) is 23.1 Å². The maximum absolute atomic E-state index is 13.3. The average Bonchev–Trinajstić information content (AvgIpc) is 3.94. The second-order valence-electron chi connectivity index (χ2n) is 11.6. The van der Waals surface area contributed by atoms with E-state index in [1.807, 2.05) is 24.3 Å². The number of thiol groups is 1. The maximum Gasteiger partial charge on any atom is 0.199 e. The first-order chi connectivity index (χ1) is 26.0. The van der Waals surface area contributed by atoms with Gasteiger partial charge in [-0.1, -0.05) is 0 Å². The number of nitriles is 4. The van der Waals surface area contributed by atoms with E-state index in [0.717, 1.165) is 22.7 Å². The molecule has 7 rings (SSSR count). The quantitative estimate of drug-likeness (QED) is 0.203. The standard InChI is InChI=1S/C38H14N8O4S4/c39-11-15-5-21-22(6-16(15)12-40)36(48)29(35(21)47)27-3-1-19(53-27)9-25-31(43)34(46-52)26(32(44)33(25)45-51)10-20-2-4-28(54-20)30-37(49)23-7-17(13-41)18(14-42)8-24(23)38(30)50/h1-10,43,52H,44H2/b19-9+,20-10+,43-31?,46-34-. The summed E-state index contributed by atoms with van der Waals surface area (Å²) in [6.07, 6.45) is 3.15. The maximum atomic E-state index is 13.3. The highest BCUT2D eigenvalue weighted by atomic mass is 32.1. The molecular weight excluding hydrogens is 761 g/mol.